The molecule has 1 radical (unpaired) electrons. The lowest BCUT2D eigenvalue weighted by Gasteiger charge is -2.29. The van der Waals surface area contributed by atoms with E-state index in [4.69, 9.17) is 0 Å². The second kappa shape index (κ2) is 8.09. The lowest BCUT2D eigenvalue weighted by Crippen LogP contribution is -2.50. The van der Waals surface area contributed by atoms with Crippen LogP contribution in [0.5, 0.6) is 0 Å². The van der Waals surface area contributed by atoms with Crippen LogP contribution in [0.1, 0.15) is 38.4 Å². The van der Waals surface area contributed by atoms with E-state index in [0.717, 1.165) is 4.31 Å². The van der Waals surface area contributed by atoms with Gasteiger partial charge >= 0.3 is 0 Å². The number of hydrogen-bond acceptors (Lipinski definition) is 6. The summed E-state index contributed by atoms with van der Waals surface area (Å²) < 4.78 is 26.9. The minimum absolute atomic E-state index is 0.0172. The van der Waals surface area contributed by atoms with Crippen molar-refractivity contribution in [3.63, 3.8) is 0 Å². The highest BCUT2D eigenvalue weighted by atomic mass is 32.2. The number of sulfonamides is 1. The van der Waals surface area contributed by atoms with E-state index in [2.05, 4.69) is 22.2 Å². The van der Waals surface area contributed by atoms with E-state index in [1.165, 1.54) is 6.20 Å². The molecule has 0 aliphatic carbocycles. The van der Waals surface area contributed by atoms with Crippen LogP contribution in [0.15, 0.2) is 11.2 Å². The van der Waals surface area contributed by atoms with Gasteiger partial charge in [-0.3, -0.25) is 9.59 Å². The molecule has 1 saturated heterocycles. The standard InChI is InChI=1S/C16H25N4O4S/c1-4-11(2)8-16(22)20(13-6-5-7-17-9-14(13)21)25(23,24)15-10-18-12(3)19-15/h10-11,13,17H,1,4-9H2,2-3H3,(H,18,19)/t11-,13?/m0/s1. The highest BCUT2D eigenvalue weighted by molar-refractivity contribution is 7.89. The van der Waals surface area contributed by atoms with E-state index in [9.17, 15) is 18.0 Å². The van der Waals surface area contributed by atoms with Crippen molar-refractivity contribution in [1.29, 1.82) is 0 Å². The zero-order chi connectivity index (χ0) is 18.6. The molecule has 9 heteroatoms. The number of aromatic amines is 1. The quantitative estimate of drug-likeness (QED) is 0.767. The molecule has 25 heavy (non-hydrogen) atoms. The maximum atomic E-state index is 13.0. The SMILES string of the molecule is [CH2]C[C@H](C)CC(=O)N(C1CCCNCC1=O)S(=O)(=O)c1c[nH]c(C)n1. The average Bonchev–Trinajstić information content (AvgIpc) is 2.89. The minimum atomic E-state index is -4.21. The van der Waals surface area contributed by atoms with Crippen LogP contribution in [0.4, 0.5) is 0 Å². The Balaban J connectivity index is 2.44. The Morgan fingerprint density at radius 3 is 2.84 bits per heavy atom. The van der Waals surface area contributed by atoms with E-state index >= 15 is 0 Å². The van der Waals surface area contributed by atoms with Crippen molar-refractivity contribution in [2.75, 3.05) is 13.1 Å². The molecule has 0 bridgehead atoms. The summed E-state index contributed by atoms with van der Waals surface area (Å²) in [7, 11) is -4.21. The van der Waals surface area contributed by atoms with Crippen LogP contribution >= 0.6 is 0 Å². The third-order valence-electron chi connectivity index (χ3n) is 4.25. The van der Waals surface area contributed by atoms with Gasteiger partial charge in [-0.25, -0.2) is 9.29 Å². The molecule has 139 valence electrons. The van der Waals surface area contributed by atoms with Gasteiger partial charge in [-0.05, 0) is 32.2 Å². The monoisotopic (exact) mass is 369 g/mol. The summed E-state index contributed by atoms with van der Waals surface area (Å²) in [4.78, 5) is 31.9. The van der Waals surface area contributed by atoms with Crippen LogP contribution in [0.2, 0.25) is 0 Å². The van der Waals surface area contributed by atoms with Gasteiger partial charge in [-0.1, -0.05) is 20.3 Å². The molecule has 0 spiro atoms. The lowest BCUT2D eigenvalue weighted by molar-refractivity contribution is -0.134. The highest BCUT2D eigenvalue weighted by Crippen LogP contribution is 2.24. The summed E-state index contributed by atoms with van der Waals surface area (Å²) in [5, 5.41) is 2.71. The van der Waals surface area contributed by atoms with Gasteiger partial charge in [0.1, 0.15) is 11.9 Å². The fourth-order valence-corrected chi connectivity index (χ4v) is 4.32. The summed E-state index contributed by atoms with van der Waals surface area (Å²) in [5.41, 5.74) is 0. The van der Waals surface area contributed by atoms with Crippen LogP contribution < -0.4 is 5.32 Å². The molecule has 1 unspecified atom stereocenters. The molecule has 8 nitrogen and oxygen atoms in total. The molecule has 1 aliphatic rings. The van der Waals surface area contributed by atoms with Gasteiger partial charge in [0.15, 0.2) is 10.8 Å². The van der Waals surface area contributed by atoms with Crippen LogP contribution in [-0.2, 0) is 19.6 Å². The average molecular weight is 369 g/mol. The summed E-state index contributed by atoms with van der Waals surface area (Å²) in [6.07, 6.45) is 2.68. The van der Waals surface area contributed by atoms with Crippen molar-refractivity contribution in [2.45, 2.75) is 50.6 Å². The van der Waals surface area contributed by atoms with Crippen LogP contribution in [0.25, 0.3) is 0 Å². The van der Waals surface area contributed by atoms with Gasteiger partial charge in [-0.2, -0.15) is 8.42 Å². The smallest absolute Gasteiger partial charge is 0.286 e. The highest BCUT2D eigenvalue weighted by Gasteiger charge is 2.40. The number of aromatic nitrogens is 2. The number of hydrogen-bond donors (Lipinski definition) is 2. The third-order valence-corrected chi connectivity index (χ3v) is 5.97. The molecule has 1 aromatic heterocycles. The molecule has 0 aromatic carbocycles. The zero-order valence-corrected chi connectivity index (χ0v) is 15.4. The normalized spacial score (nSPS) is 20.1. The number of nitrogens with zero attached hydrogens (tertiary/aromatic N) is 2. The van der Waals surface area contributed by atoms with Crippen molar-refractivity contribution >= 4 is 21.7 Å². The molecular formula is C16H25N4O4S. The van der Waals surface area contributed by atoms with E-state index < -0.39 is 22.0 Å². The Hall–Kier alpha value is -1.74. The van der Waals surface area contributed by atoms with Crippen molar-refractivity contribution in [3.05, 3.63) is 18.9 Å². The van der Waals surface area contributed by atoms with Gasteiger partial charge in [-0.15, -0.1) is 0 Å². The number of ketones is 1. The van der Waals surface area contributed by atoms with E-state index in [-0.39, 0.29) is 29.7 Å². The maximum Gasteiger partial charge on any atom is 0.286 e. The molecule has 2 N–H and O–H groups in total. The number of carbonyl (C=O) groups excluding carboxylic acids is 2. The largest absolute Gasteiger partial charge is 0.348 e. The van der Waals surface area contributed by atoms with Gasteiger partial charge in [0, 0.05) is 12.6 Å². The second-order valence-corrected chi connectivity index (χ2v) is 8.18. The number of carbonyl (C=O) groups is 2. The summed E-state index contributed by atoms with van der Waals surface area (Å²) in [6.45, 7) is 7.86. The molecule has 1 fully saturated rings. The molecule has 1 amide bonds. The number of amides is 1. The number of Topliss-reactive ketones (excluding diaryl/α,β-unsaturated/α-hetero) is 1. The number of aryl methyl sites for hydroxylation is 1. The lowest BCUT2D eigenvalue weighted by atomic mass is 10.0. The first kappa shape index (κ1) is 19.6. The fourth-order valence-electron chi connectivity index (χ4n) is 2.75. The molecule has 2 rings (SSSR count). The Labute approximate surface area is 148 Å². The Morgan fingerprint density at radius 2 is 2.24 bits per heavy atom. The second-order valence-electron chi connectivity index (χ2n) is 6.42. The molecule has 2 atom stereocenters. The van der Waals surface area contributed by atoms with Crippen molar-refractivity contribution in [3.8, 4) is 0 Å². The number of nitrogens with one attached hydrogen (secondary N) is 2. The maximum absolute atomic E-state index is 13.0. The minimum Gasteiger partial charge on any atom is -0.348 e. The number of H-pyrrole nitrogens is 1. The van der Waals surface area contributed by atoms with E-state index in [0.29, 0.717) is 31.6 Å². The Kier molecular flexibility index (Phi) is 6.34. The van der Waals surface area contributed by atoms with Crippen molar-refractivity contribution in [2.24, 2.45) is 5.92 Å². The van der Waals surface area contributed by atoms with Crippen LogP contribution in [0.3, 0.4) is 0 Å². The Morgan fingerprint density at radius 1 is 1.52 bits per heavy atom. The first-order valence-electron chi connectivity index (χ1n) is 8.39. The van der Waals surface area contributed by atoms with E-state index in [1.54, 1.807) is 6.92 Å². The van der Waals surface area contributed by atoms with Gasteiger partial charge < -0.3 is 10.3 Å². The van der Waals surface area contributed by atoms with Gasteiger partial charge in [0.05, 0.1) is 6.54 Å². The summed E-state index contributed by atoms with van der Waals surface area (Å²) in [5.74, 6) is -0.544. The summed E-state index contributed by atoms with van der Waals surface area (Å²) in [6, 6.07) is -0.999. The zero-order valence-electron chi connectivity index (χ0n) is 14.6. The predicted molar refractivity (Wildman–Crippen MR) is 92.0 cm³/mol. The molecule has 2 heterocycles. The molecule has 0 saturated carbocycles. The molecule has 1 aliphatic heterocycles. The first-order valence-corrected chi connectivity index (χ1v) is 9.83. The number of rotatable bonds is 6. The fraction of sp³-hybridized carbons (Fsp3) is 0.625. The Bertz CT molecular complexity index is 728. The van der Waals surface area contributed by atoms with E-state index in [1.807, 2.05) is 6.92 Å². The van der Waals surface area contributed by atoms with Gasteiger partial charge in [0.2, 0.25) is 5.91 Å². The van der Waals surface area contributed by atoms with Crippen LogP contribution in [-0.4, -0.2) is 53.5 Å². The van der Waals surface area contributed by atoms with Gasteiger partial charge in [0.25, 0.3) is 10.0 Å². The molecule has 1 aromatic rings. The first-order chi connectivity index (χ1) is 11.8. The predicted octanol–water partition coefficient (Wildman–Crippen LogP) is 0.807. The summed E-state index contributed by atoms with van der Waals surface area (Å²) >= 11 is 0. The number of imidazole rings is 1. The van der Waals surface area contributed by atoms with Crippen molar-refractivity contribution in [1.82, 2.24) is 19.6 Å². The third kappa shape index (κ3) is 4.46. The molecular weight excluding hydrogens is 344 g/mol. The van der Waals surface area contributed by atoms with Crippen molar-refractivity contribution < 1.29 is 18.0 Å². The van der Waals surface area contributed by atoms with Crippen LogP contribution in [0, 0.1) is 19.8 Å². The topological polar surface area (TPSA) is 112 Å².